The van der Waals surface area contributed by atoms with Gasteiger partial charge in [0.05, 0.1) is 0 Å². The Labute approximate surface area is 106 Å². The molecule has 0 saturated heterocycles. The second-order valence-corrected chi connectivity index (χ2v) is 5.57. The molecule has 84 valence electrons. The van der Waals surface area contributed by atoms with Gasteiger partial charge in [-0.25, -0.2) is 4.79 Å². The summed E-state index contributed by atoms with van der Waals surface area (Å²) in [5.41, 5.74) is 0.969. The van der Waals surface area contributed by atoms with Crippen molar-refractivity contribution in [3.8, 4) is 0 Å². The van der Waals surface area contributed by atoms with Gasteiger partial charge in [0.2, 0.25) is 0 Å². The van der Waals surface area contributed by atoms with Crippen LogP contribution >= 0.6 is 27.3 Å². The van der Waals surface area contributed by atoms with Crippen LogP contribution in [0.5, 0.6) is 0 Å². The molecule has 2 nitrogen and oxygen atoms in total. The van der Waals surface area contributed by atoms with Crippen LogP contribution < -0.4 is 0 Å². The number of fused-ring (bicyclic) bond motifs is 1. The summed E-state index contributed by atoms with van der Waals surface area (Å²) in [6, 6.07) is 5.92. The molecule has 0 atom stereocenters. The minimum atomic E-state index is -0.819. The first kappa shape index (κ1) is 11.6. The monoisotopic (exact) mass is 298 g/mol. The van der Waals surface area contributed by atoms with Crippen LogP contribution in [0, 0.1) is 0 Å². The molecule has 0 aliphatic rings. The smallest absolute Gasteiger partial charge is 0.346 e. The molecule has 1 heterocycles. The van der Waals surface area contributed by atoms with Crippen LogP contribution in [0.25, 0.3) is 10.1 Å². The number of rotatable bonds is 3. The lowest BCUT2D eigenvalue weighted by molar-refractivity contribution is 0.0701. The molecule has 0 aliphatic carbocycles. The minimum absolute atomic E-state index is 0.481. The first-order chi connectivity index (χ1) is 7.63. The molecule has 0 amide bonds. The molecule has 2 rings (SSSR count). The highest BCUT2D eigenvalue weighted by Crippen LogP contribution is 2.34. The minimum Gasteiger partial charge on any atom is -0.477 e. The summed E-state index contributed by atoms with van der Waals surface area (Å²) in [4.78, 5) is 11.6. The number of aromatic carboxylic acids is 1. The third kappa shape index (κ3) is 1.99. The molecule has 4 heteroatoms. The summed E-state index contributed by atoms with van der Waals surface area (Å²) in [7, 11) is 0. The zero-order chi connectivity index (χ0) is 11.7. The van der Waals surface area contributed by atoms with Crippen molar-refractivity contribution in [2.75, 3.05) is 0 Å². The molecule has 0 bridgehead atoms. The fourth-order valence-corrected chi connectivity index (χ4v) is 3.22. The average Bonchev–Trinajstić information content (AvgIpc) is 2.58. The quantitative estimate of drug-likeness (QED) is 0.916. The van der Waals surface area contributed by atoms with E-state index >= 15 is 0 Å². The lowest BCUT2D eigenvalue weighted by Crippen LogP contribution is -1.97. The van der Waals surface area contributed by atoms with Gasteiger partial charge in [0.15, 0.2) is 0 Å². The van der Waals surface area contributed by atoms with Crippen LogP contribution in [-0.2, 0) is 6.42 Å². The van der Waals surface area contributed by atoms with Gasteiger partial charge >= 0.3 is 5.97 Å². The van der Waals surface area contributed by atoms with Gasteiger partial charge in [-0.2, -0.15) is 0 Å². The Hall–Kier alpha value is -0.870. The number of carbonyl (C=O) groups is 1. The molecule has 0 radical (unpaired) electrons. The van der Waals surface area contributed by atoms with Crippen molar-refractivity contribution in [3.05, 3.63) is 33.1 Å². The van der Waals surface area contributed by atoms with E-state index in [2.05, 4.69) is 22.9 Å². The Balaban J connectivity index is 2.71. The highest BCUT2D eigenvalue weighted by atomic mass is 79.9. The predicted octanol–water partition coefficient (Wildman–Crippen LogP) is 4.31. The first-order valence-electron chi connectivity index (χ1n) is 5.07. The normalized spacial score (nSPS) is 10.9. The molecule has 16 heavy (non-hydrogen) atoms. The summed E-state index contributed by atoms with van der Waals surface area (Å²) in [5.74, 6) is -0.819. The topological polar surface area (TPSA) is 37.3 Å². The molecule has 2 aromatic rings. The molecular weight excluding hydrogens is 288 g/mol. The van der Waals surface area contributed by atoms with Gasteiger partial charge in [-0.05, 0) is 35.6 Å². The van der Waals surface area contributed by atoms with Crippen LogP contribution in [-0.4, -0.2) is 11.1 Å². The van der Waals surface area contributed by atoms with Gasteiger partial charge in [-0.15, -0.1) is 11.3 Å². The molecule has 0 fully saturated rings. The lowest BCUT2D eigenvalue weighted by Gasteiger charge is -1.99. The fraction of sp³-hybridized carbons (Fsp3) is 0.250. The van der Waals surface area contributed by atoms with Gasteiger partial charge in [-0.1, -0.05) is 29.3 Å². The lowest BCUT2D eigenvalue weighted by atomic mass is 10.1. The Morgan fingerprint density at radius 1 is 1.50 bits per heavy atom. The van der Waals surface area contributed by atoms with Crippen molar-refractivity contribution in [2.45, 2.75) is 19.8 Å². The zero-order valence-electron chi connectivity index (χ0n) is 8.79. The van der Waals surface area contributed by atoms with Crippen LogP contribution in [0.2, 0.25) is 0 Å². The SMILES string of the molecule is CCCc1c(C(=O)O)sc2ccc(Br)cc12. The van der Waals surface area contributed by atoms with E-state index in [-0.39, 0.29) is 0 Å². The Morgan fingerprint density at radius 2 is 2.25 bits per heavy atom. The van der Waals surface area contributed by atoms with Gasteiger partial charge < -0.3 is 5.11 Å². The second kappa shape index (κ2) is 4.55. The van der Waals surface area contributed by atoms with Crippen molar-refractivity contribution in [1.82, 2.24) is 0 Å². The third-order valence-corrected chi connectivity index (χ3v) is 4.14. The zero-order valence-corrected chi connectivity index (χ0v) is 11.2. The van der Waals surface area contributed by atoms with Crippen LogP contribution in [0.4, 0.5) is 0 Å². The number of aryl methyl sites for hydroxylation is 1. The molecule has 1 N–H and O–H groups in total. The van der Waals surface area contributed by atoms with Crippen molar-refractivity contribution in [3.63, 3.8) is 0 Å². The Morgan fingerprint density at radius 3 is 2.88 bits per heavy atom. The summed E-state index contributed by atoms with van der Waals surface area (Å²) in [5, 5.41) is 10.2. The van der Waals surface area contributed by atoms with Gasteiger partial charge in [0, 0.05) is 9.17 Å². The molecule has 0 saturated carbocycles. The standard InChI is InChI=1S/C12H11BrO2S/c1-2-3-8-9-6-7(13)4-5-10(9)16-11(8)12(14)15/h4-6H,2-3H2,1H3,(H,14,15). The second-order valence-electron chi connectivity index (χ2n) is 3.61. The Kier molecular flexibility index (Phi) is 3.30. The molecule has 0 unspecified atom stereocenters. The maximum absolute atomic E-state index is 11.1. The third-order valence-electron chi connectivity index (χ3n) is 2.45. The van der Waals surface area contributed by atoms with Crippen LogP contribution in [0.1, 0.15) is 28.6 Å². The molecular formula is C12H11BrO2S. The van der Waals surface area contributed by atoms with Crippen LogP contribution in [0.15, 0.2) is 22.7 Å². The van der Waals surface area contributed by atoms with E-state index in [4.69, 9.17) is 5.11 Å². The predicted molar refractivity (Wildman–Crippen MR) is 70.5 cm³/mol. The highest BCUT2D eigenvalue weighted by Gasteiger charge is 2.16. The van der Waals surface area contributed by atoms with Gasteiger partial charge in [0.25, 0.3) is 0 Å². The van der Waals surface area contributed by atoms with Crippen LogP contribution in [0.3, 0.4) is 0 Å². The van der Waals surface area contributed by atoms with E-state index in [1.807, 2.05) is 18.2 Å². The van der Waals surface area contributed by atoms with Crippen molar-refractivity contribution in [1.29, 1.82) is 0 Å². The van der Waals surface area contributed by atoms with Gasteiger partial charge in [-0.3, -0.25) is 0 Å². The van der Waals surface area contributed by atoms with Crippen molar-refractivity contribution < 1.29 is 9.90 Å². The number of halogens is 1. The number of carboxylic acids is 1. The maximum Gasteiger partial charge on any atom is 0.346 e. The number of benzene rings is 1. The van der Waals surface area contributed by atoms with E-state index in [0.29, 0.717) is 4.88 Å². The average molecular weight is 299 g/mol. The number of hydrogen-bond acceptors (Lipinski definition) is 2. The van der Waals surface area contributed by atoms with E-state index in [9.17, 15) is 4.79 Å². The molecule has 0 spiro atoms. The number of hydrogen-bond donors (Lipinski definition) is 1. The van der Waals surface area contributed by atoms with Crippen molar-refractivity contribution in [2.24, 2.45) is 0 Å². The summed E-state index contributed by atoms with van der Waals surface area (Å²) < 4.78 is 2.04. The highest BCUT2D eigenvalue weighted by molar-refractivity contribution is 9.10. The van der Waals surface area contributed by atoms with Gasteiger partial charge in [0.1, 0.15) is 4.88 Å². The summed E-state index contributed by atoms with van der Waals surface area (Å²) in [6.45, 7) is 2.06. The number of carboxylic acid groups (broad SMARTS) is 1. The molecule has 1 aromatic carbocycles. The van der Waals surface area contributed by atoms with E-state index in [1.54, 1.807) is 0 Å². The Bertz CT molecular complexity index is 545. The number of thiophene rings is 1. The maximum atomic E-state index is 11.1. The first-order valence-corrected chi connectivity index (χ1v) is 6.68. The molecule has 1 aromatic heterocycles. The summed E-state index contributed by atoms with van der Waals surface area (Å²) in [6.07, 6.45) is 1.77. The van der Waals surface area contributed by atoms with E-state index in [0.717, 1.165) is 33.0 Å². The van der Waals surface area contributed by atoms with E-state index < -0.39 is 5.97 Å². The summed E-state index contributed by atoms with van der Waals surface area (Å²) >= 11 is 4.78. The largest absolute Gasteiger partial charge is 0.477 e. The fourth-order valence-electron chi connectivity index (χ4n) is 1.79. The van der Waals surface area contributed by atoms with Crippen molar-refractivity contribution >= 4 is 43.3 Å². The molecule has 0 aliphatic heterocycles. The van der Waals surface area contributed by atoms with E-state index in [1.165, 1.54) is 11.3 Å².